The SMILES string of the molecule is COC(=O)C(C)(CO)CNC(=O)[C@H](C)Cc1ccc(OC)c(Cl)c1. The highest BCUT2D eigenvalue weighted by Gasteiger charge is 2.34. The van der Waals surface area contributed by atoms with Gasteiger partial charge in [-0.25, -0.2) is 0 Å². The number of ether oxygens (including phenoxy) is 2. The van der Waals surface area contributed by atoms with Crippen LogP contribution < -0.4 is 10.1 Å². The minimum absolute atomic E-state index is 0.00269. The summed E-state index contributed by atoms with van der Waals surface area (Å²) < 4.78 is 9.75. The Hall–Kier alpha value is -1.79. The highest BCUT2D eigenvalue weighted by atomic mass is 35.5. The highest BCUT2D eigenvalue weighted by Crippen LogP contribution is 2.26. The van der Waals surface area contributed by atoms with E-state index in [1.165, 1.54) is 21.1 Å². The lowest BCUT2D eigenvalue weighted by Gasteiger charge is -2.25. The van der Waals surface area contributed by atoms with Crippen molar-refractivity contribution in [2.24, 2.45) is 11.3 Å². The first-order valence-corrected chi connectivity index (χ1v) is 7.94. The Kier molecular flexibility index (Phi) is 7.51. The molecule has 0 aliphatic heterocycles. The summed E-state index contributed by atoms with van der Waals surface area (Å²) in [5, 5.41) is 12.6. The van der Waals surface area contributed by atoms with E-state index in [4.69, 9.17) is 16.3 Å². The van der Waals surface area contributed by atoms with Gasteiger partial charge in [0, 0.05) is 12.5 Å². The van der Waals surface area contributed by atoms with Gasteiger partial charge in [-0.05, 0) is 31.0 Å². The van der Waals surface area contributed by atoms with Crippen LogP contribution in [0.5, 0.6) is 5.75 Å². The number of carbonyl (C=O) groups is 2. The maximum absolute atomic E-state index is 12.2. The number of esters is 1. The first-order chi connectivity index (χ1) is 11.3. The number of halogens is 1. The third-order valence-corrected chi connectivity index (χ3v) is 4.18. The van der Waals surface area contributed by atoms with E-state index < -0.39 is 18.0 Å². The summed E-state index contributed by atoms with van der Waals surface area (Å²) >= 11 is 6.08. The maximum Gasteiger partial charge on any atom is 0.315 e. The second kappa shape index (κ2) is 8.89. The topological polar surface area (TPSA) is 84.9 Å². The Morgan fingerprint density at radius 1 is 1.38 bits per heavy atom. The van der Waals surface area contributed by atoms with E-state index in [0.717, 1.165) is 5.56 Å². The smallest absolute Gasteiger partial charge is 0.315 e. The molecule has 0 radical (unpaired) electrons. The predicted octanol–water partition coefficient (Wildman–Crippen LogP) is 1.81. The molecule has 2 atom stereocenters. The van der Waals surface area contributed by atoms with Crippen molar-refractivity contribution >= 4 is 23.5 Å². The van der Waals surface area contributed by atoms with Crippen LogP contribution in [0.4, 0.5) is 0 Å². The van der Waals surface area contributed by atoms with Crippen LogP contribution in [0, 0.1) is 11.3 Å². The molecule has 0 aliphatic rings. The van der Waals surface area contributed by atoms with Crippen LogP contribution in [0.25, 0.3) is 0 Å². The molecule has 2 N–H and O–H groups in total. The molecule has 1 rings (SSSR count). The third kappa shape index (κ3) is 5.11. The second-order valence-corrected chi connectivity index (χ2v) is 6.41. The van der Waals surface area contributed by atoms with Crippen LogP contribution in [-0.2, 0) is 20.7 Å². The quantitative estimate of drug-likeness (QED) is 0.693. The summed E-state index contributed by atoms with van der Waals surface area (Å²) in [4.78, 5) is 23.9. The van der Waals surface area contributed by atoms with Gasteiger partial charge in [0.05, 0.1) is 25.8 Å². The molecule has 0 saturated carbocycles. The van der Waals surface area contributed by atoms with Gasteiger partial charge in [0.15, 0.2) is 0 Å². The van der Waals surface area contributed by atoms with Gasteiger partial charge < -0.3 is 19.9 Å². The van der Waals surface area contributed by atoms with Gasteiger partial charge in [-0.1, -0.05) is 24.6 Å². The van der Waals surface area contributed by atoms with Crippen LogP contribution in [-0.4, -0.2) is 44.4 Å². The van der Waals surface area contributed by atoms with Gasteiger partial charge in [-0.2, -0.15) is 0 Å². The number of benzene rings is 1. The summed E-state index contributed by atoms with van der Waals surface area (Å²) in [6.07, 6.45) is 0.490. The Morgan fingerprint density at radius 3 is 2.54 bits per heavy atom. The first kappa shape index (κ1) is 20.3. The Bertz CT molecular complexity index is 592. The summed E-state index contributed by atoms with van der Waals surface area (Å²) in [6, 6.07) is 5.36. The monoisotopic (exact) mass is 357 g/mol. The fraction of sp³-hybridized carbons (Fsp3) is 0.529. The molecule has 24 heavy (non-hydrogen) atoms. The second-order valence-electron chi connectivity index (χ2n) is 6.00. The van der Waals surface area contributed by atoms with E-state index in [9.17, 15) is 14.7 Å². The van der Waals surface area contributed by atoms with Gasteiger partial charge in [-0.3, -0.25) is 9.59 Å². The number of amides is 1. The number of aliphatic hydroxyl groups excluding tert-OH is 1. The molecule has 1 aromatic rings. The molecule has 0 heterocycles. The van der Waals surface area contributed by atoms with Crippen molar-refractivity contribution in [1.29, 1.82) is 0 Å². The number of hydrogen-bond donors (Lipinski definition) is 2. The zero-order valence-corrected chi connectivity index (χ0v) is 15.1. The summed E-state index contributed by atoms with van der Waals surface area (Å²) in [6.45, 7) is 2.90. The average Bonchev–Trinajstić information content (AvgIpc) is 2.58. The number of nitrogens with one attached hydrogen (secondary N) is 1. The lowest BCUT2D eigenvalue weighted by atomic mass is 9.91. The molecule has 7 heteroatoms. The first-order valence-electron chi connectivity index (χ1n) is 7.56. The molecule has 6 nitrogen and oxygen atoms in total. The molecular formula is C17H24ClNO5. The predicted molar refractivity (Wildman–Crippen MR) is 91.1 cm³/mol. The summed E-state index contributed by atoms with van der Waals surface area (Å²) in [7, 11) is 2.78. The largest absolute Gasteiger partial charge is 0.495 e. The fourth-order valence-corrected chi connectivity index (χ4v) is 2.46. The maximum atomic E-state index is 12.2. The molecule has 134 valence electrons. The summed E-state index contributed by atoms with van der Waals surface area (Å²) in [5.74, 6) is -0.533. The molecular weight excluding hydrogens is 334 g/mol. The van der Waals surface area contributed by atoms with Crippen molar-refractivity contribution in [2.45, 2.75) is 20.3 Å². The standard InChI is InChI=1S/C17H24ClNO5/c1-11(7-12-5-6-14(23-3)13(18)8-12)15(21)19-9-17(2,10-20)16(22)24-4/h5-6,8,11,20H,7,9-10H2,1-4H3,(H,19,21)/t11-,17?/m1/s1. The van der Waals surface area contributed by atoms with Crippen molar-refractivity contribution in [1.82, 2.24) is 5.32 Å². The van der Waals surface area contributed by atoms with Crippen LogP contribution >= 0.6 is 11.6 Å². The average molecular weight is 358 g/mol. The minimum Gasteiger partial charge on any atom is -0.495 e. The number of aliphatic hydroxyl groups is 1. The van der Waals surface area contributed by atoms with E-state index in [2.05, 4.69) is 10.1 Å². The van der Waals surface area contributed by atoms with Crippen molar-refractivity contribution in [2.75, 3.05) is 27.4 Å². The molecule has 1 aromatic carbocycles. The minimum atomic E-state index is -1.16. The fourth-order valence-electron chi connectivity index (χ4n) is 2.18. The molecule has 0 saturated heterocycles. The van der Waals surface area contributed by atoms with Crippen LogP contribution in [0.3, 0.4) is 0 Å². The van der Waals surface area contributed by atoms with Crippen LogP contribution in [0.1, 0.15) is 19.4 Å². The van der Waals surface area contributed by atoms with Gasteiger partial charge in [0.2, 0.25) is 5.91 Å². The number of carbonyl (C=O) groups excluding carboxylic acids is 2. The van der Waals surface area contributed by atoms with Gasteiger partial charge in [0.1, 0.15) is 11.2 Å². The number of hydrogen-bond acceptors (Lipinski definition) is 5. The van der Waals surface area contributed by atoms with E-state index in [-0.39, 0.29) is 18.4 Å². The highest BCUT2D eigenvalue weighted by molar-refractivity contribution is 6.32. The summed E-state index contributed by atoms with van der Waals surface area (Å²) in [5.41, 5.74) is -0.255. The number of rotatable bonds is 8. The van der Waals surface area contributed by atoms with E-state index in [0.29, 0.717) is 17.2 Å². The molecule has 1 unspecified atom stereocenters. The number of methoxy groups -OCH3 is 2. The van der Waals surface area contributed by atoms with Crippen molar-refractivity contribution in [3.8, 4) is 5.75 Å². The third-order valence-electron chi connectivity index (χ3n) is 3.89. The zero-order chi connectivity index (χ0) is 18.3. The lowest BCUT2D eigenvalue weighted by Crippen LogP contribution is -2.45. The van der Waals surface area contributed by atoms with Gasteiger partial charge in [0.25, 0.3) is 0 Å². The van der Waals surface area contributed by atoms with E-state index in [1.807, 2.05) is 6.07 Å². The van der Waals surface area contributed by atoms with Crippen LogP contribution in [0.15, 0.2) is 18.2 Å². The zero-order valence-electron chi connectivity index (χ0n) is 14.4. The molecule has 0 bridgehead atoms. The van der Waals surface area contributed by atoms with Gasteiger partial charge in [-0.15, -0.1) is 0 Å². The Balaban J connectivity index is 2.65. The normalized spacial score (nSPS) is 14.4. The van der Waals surface area contributed by atoms with E-state index in [1.54, 1.807) is 19.1 Å². The van der Waals surface area contributed by atoms with Crippen molar-refractivity contribution in [3.63, 3.8) is 0 Å². The molecule has 1 amide bonds. The van der Waals surface area contributed by atoms with Crippen molar-refractivity contribution in [3.05, 3.63) is 28.8 Å². The molecule has 0 fully saturated rings. The van der Waals surface area contributed by atoms with Crippen molar-refractivity contribution < 1.29 is 24.2 Å². The Morgan fingerprint density at radius 2 is 2.04 bits per heavy atom. The van der Waals surface area contributed by atoms with Gasteiger partial charge >= 0.3 is 5.97 Å². The Labute approximate surface area is 147 Å². The molecule has 0 aliphatic carbocycles. The van der Waals surface area contributed by atoms with Crippen LogP contribution in [0.2, 0.25) is 5.02 Å². The molecule has 0 aromatic heterocycles. The van der Waals surface area contributed by atoms with E-state index >= 15 is 0 Å². The lowest BCUT2D eigenvalue weighted by molar-refractivity contribution is -0.154. The molecule has 0 spiro atoms.